The average Bonchev–Trinajstić information content (AvgIpc) is 2.85. The van der Waals surface area contributed by atoms with Gasteiger partial charge < -0.3 is 14.5 Å². The number of carbonyl (C=O) groups is 1. The summed E-state index contributed by atoms with van der Waals surface area (Å²) >= 11 is 0. The van der Waals surface area contributed by atoms with Gasteiger partial charge in [0.1, 0.15) is 0 Å². The molecule has 0 spiro atoms. The molecule has 0 aliphatic carbocycles. The highest BCUT2D eigenvalue weighted by Gasteiger charge is 2.30. The van der Waals surface area contributed by atoms with Gasteiger partial charge in [-0.2, -0.15) is 0 Å². The Bertz CT molecular complexity index is 1230. The third-order valence-electron chi connectivity index (χ3n) is 6.18. The summed E-state index contributed by atoms with van der Waals surface area (Å²) < 4.78 is 60.3. The number of ether oxygens (including phenoxy) is 1. The lowest BCUT2D eigenvalue weighted by atomic mass is 10.1. The summed E-state index contributed by atoms with van der Waals surface area (Å²) in [6.07, 6.45) is 0.965. The number of rotatable bonds is 5. The van der Waals surface area contributed by atoms with Crippen molar-refractivity contribution in [3.8, 4) is 0 Å². The Morgan fingerprint density at radius 1 is 0.882 bits per heavy atom. The molecule has 9 nitrogen and oxygen atoms in total. The lowest BCUT2D eigenvalue weighted by molar-refractivity contribution is 0.0410. The summed E-state index contributed by atoms with van der Waals surface area (Å²) in [7, 11) is -7.81. The van der Waals surface area contributed by atoms with Crippen LogP contribution in [0.2, 0.25) is 0 Å². The quantitative estimate of drug-likeness (QED) is 0.663. The van der Waals surface area contributed by atoms with Crippen LogP contribution in [-0.4, -0.2) is 78.1 Å². The molecule has 0 aromatic heterocycles. The zero-order valence-electron chi connectivity index (χ0n) is 19.0. The molecule has 0 saturated carbocycles. The van der Waals surface area contributed by atoms with Gasteiger partial charge in [-0.05, 0) is 49.6 Å². The van der Waals surface area contributed by atoms with Gasteiger partial charge >= 0.3 is 6.03 Å². The number of hydrogen-bond acceptors (Lipinski definition) is 6. The van der Waals surface area contributed by atoms with Crippen LogP contribution >= 0.6 is 0 Å². The minimum absolute atomic E-state index is 0.0423. The van der Waals surface area contributed by atoms with E-state index in [1.165, 1.54) is 30.3 Å². The SMILES string of the molecule is Cc1ccc(S(=O)(=O)c2ccccc2)cc1S(=O)(=O)NC1CCN(C(=O)N2CCOCC2)CC1. The van der Waals surface area contributed by atoms with E-state index in [1.807, 2.05) is 0 Å². The number of carbonyl (C=O) groups excluding carboxylic acids is 1. The molecule has 0 bridgehead atoms. The van der Waals surface area contributed by atoms with Crippen LogP contribution < -0.4 is 4.72 Å². The summed E-state index contributed by atoms with van der Waals surface area (Å²) in [5.74, 6) is 0. The van der Waals surface area contributed by atoms with Gasteiger partial charge in [-0.15, -0.1) is 0 Å². The fraction of sp³-hybridized carbons (Fsp3) is 0.435. The Labute approximate surface area is 200 Å². The fourth-order valence-corrected chi connectivity index (χ4v) is 7.16. The fourth-order valence-electron chi connectivity index (χ4n) is 4.20. The van der Waals surface area contributed by atoms with E-state index in [-0.39, 0.29) is 26.8 Å². The van der Waals surface area contributed by atoms with Gasteiger partial charge in [0.2, 0.25) is 19.9 Å². The van der Waals surface area contributed by atoms with Crippen LogP contribution in [0.4, 0.5) is 4.79 Å². The standard InChI is InChI=1S/C23H29N3O6S2/c1-18-7-8-21(33(28,29)20-5-3-2-4-6-20)17-22(18)34(30,31)24-19-9-11-25(12-10-19)23(27)26-13-15-32-16-14-26/h2-8,17,19,24H,9-16H2,1H3. The predicted octanol–water partition coefficient (Wildman–Crippen LogP) is 2.02. The molecule has 2 heterocycles. The number of sulfonamides is 1. The Morgan fingerprint density at radius 2 is 1.50 bits per heavy atom. The Morgan fingerprint density at radius 3 is 2.15 bits per heavy atom. The van der Waals surface area contributed by atoms with Crippen molar-refractivity contribution in [2.75, 3.05) is 39.4 Å². The predicted molar refractivity (Wildman–Crippen MR) is 126 cm³/mol. The molecule has 2 fully saturated rings. The van der Waals surface area contributed by atoms with Gasteiger partial charge in [-0.3, -0.25) is 0 Å². The number of sulfone groups is 1. The summed E-state index contributed by atoms with van der Waals surface area (Å²) in [4.78, 5) is 16.1. The van der Waals surface area contributed by atoms with E-state index in [0.717, 1.165) is 0 Å². The third kappa shape index (κ3) is 5.27. The van der Waals surface area contributed by atoms with Crippen LogP contribution in [0.3, 0.4) is 0 Å². The number of urea groups is 1. The second-order valence-electron chi connectivity index (χ2n) is 8.51. The van der Waals surface area contributed by atoms with Crippen molar-refractivity contribution in [2.45, 2.75) is 40.5 Å². The van der Waals surface area contributed by atoms with Crippen molar-refractivity contribution in [2.24, 2.45) is 0 Å². The van der Waals surface area contributed by atoms with Gasteiger partial charge in [0.05, 0.1) is 27.9 Å². The molecule has 1 N–H and O–H groups in total. The maximum Gasteiger partial charge on any atom is 0.320 e. The molecule has 2 aromatic rings. The Hall–Kier alpha value is -2.47. The summed E-state index contributed by atoms with van der Waals surface area (Å²) in [5, 5.41) is 0. The van der Waals surface area contributed by atoms with Crippen LogP contribution in [0, 0.1) is 6.92 Å². The summed E-state index contributed by atoms with van der Waals surface area (Å²) in [6.45, 7) is 4.72. The maximum atomic E-state index is 13.2. The number of nitrogens with zero attached hydrogens (tertiary/aromatic N) is 2. The molecule has 2 aliphatic heterocycles. The number of benzene rings is 2. The topological polar surface area (TPSA) is 113 Å². The molecule has 2 amide bonds. The highest BCUT2D eigenvalue weighted by molar-refractivity contribution is 7.91. The van der Waals surface area contributed by atoms with E-state index in [0.29, 0.717) is 57.8 Å². The molecule has 4 rings (SSSR count). The highest BCUT2D eigenvalue weighted by atomic mass is 32.2. The molecule has 0 radical (unpaired) electrons. The first-order valence-corrected chi connectivity index (χ1v) is 14.2. The van der Waals surface area contributed by atoms with Crippen molar-refractivity contribution >= 4 is 25.9 Å². The van der Waals surface area contributed by atoms with Crippen LogP contribution in [0.25, 0.3) is 0 Å². The second kappa shape index (κ2) is 10.0. The minimum Gasteiger partial charge on any atom is -0.378 e. The molecule has 11 heteroatoms. The largest absolute Gasteiger partial charge is 0.378 e. The van der Waals surface area contributed by atoms with Crippen LogP contribution in [-0.2, 0) is 24.6 Å². The van der Waals surface area contributed by atoms with Crippen molar-refractivity contribution < 1.29 is 26.4 Å². The van der Waals surface area contributed by atoms with E-state index in [9.17, 15) is 21.6 Å². The smallest absolute Gasteiger partial charge is 0.320 e. The molecule has 2 saturated heterocycles. The number of piperidine rings is 1. The van der Waals surface area contributed by atoms with Crippen LogP contribution in [0.5, 0.6) is 0 Å². The molecule has 184 valence electrons. The number of aryl methyl sites for hydroxylation is 1. The molecule has 0 atom stereocenters. The van der Waals surface area contributed by atoms with E-state index < -0.39 is 19.9 Å². The molecule has 2 aliphatic rings. The number of likely N-dealkylation sites (tertiary alicyclic amines) is 1. The Balaban J connectivity index is 1.46. The minimum atomic E-state index is -3.96. The van der Waals surface area contributed by atoms with Crippen molar-refractivity contribution in [3.63, 3.8) is 0 Å². The first-order chi connectivity index (χ1) is 16.2. The highest BCUT2D eigenvalue weighted by Crippen LogP contribution is 2.26. The van der Waals surface area contributed by atoms with Gasteiger partial charge in [0.15, 0.2) is 0 Å². The van der Waals surface area contributed by atoms with E-state index in [1.54, 1.807) is 34.9 Å². The number of nitrogens with one attached hydrogen (secondary N) is 1. The average molecular weight is 508 g/mol. The van der Waals surface area contributed by atoms with Crippen LogP contribution in [0.15, 0.2) is 63.2 Å². The van der Waals surface area contributed by atoms with E-state index in [4.69, 9.17) is 4.74 Å². The molecule has 34 heavy (non-hydrogen) atoms. The van der Waals surface area contributed by atoms with Crippen LogP contribution in [0.1, 0.15) is 18.4 Å². The molecule has 2 aromatic carbocycles. The van der Waals surface area contributed by atoms with Crippen molar-refractivity contribution in [3.05, 3.63) is 54.1 Å². The number of hydrogen-bond donors (Lipinski definition) is 1. The van der Waals surface area contributed by atoms with E-state index >= 15 is 0 Å². The number of morpholine rings is 1. The molecular weight excluding hydrogens is 478 g/mol. The molecule has 0 unspecified atom stereocenters. The summed E-state index contributed by atoms with van der Waals surface area (Å²) in [5.41, 5.74) is 0.458. The van der Waals surface area contributed by atoms with Gasteiger partial charge in [-0.1, -0.05) is 24.3 Å². The summed E-state index contributed by atoms with van der Waals surface area (Å²) in [6, 6.07) is 11.7. The zero-order valence-corrected chi connectivity index (χ0v) is 20.6. The normalized spacial score (nSPS) is 18.1. The maximum absolute atomic E-state index is 13.2. The third-order valence-corrected chi connectivity index (χ3v) is 9.61. The van der Waals surface area contributed by atoms with Gasteiger partial charge in [-0.25, -0.2) is 26.4 Å². The lowest BCUT2D eigenvalue weighted by Crippen LogP contribution is -2.52. The Kier molecular flexibility index (Phi) is 7.27. The first kappa shape index (κ1) is 24.6. The number of amides is 2. The molecular formula is C23H29N3O6S2. The van der Waals surface area contributed by atoms with Crippen molar-refractivity contribution in [1.29, 1.82) is 0 Å². The monoisotopic (exact) mass is 507 g/mol. The zero-order chi connectivity index (χ0) is 24.3. The van der Waals surface area contributed by atoms with Gasteiger partial charge in [0, 0.05) is 32.2 Å². The van der Waals surface area contributed by atoms with E-state index in [2.05, 4.69) is 4.72 Å². The lowest BCUT2D eigenvalue weighted by Gasteiger charge is -2.37. The first-order valence-electron chi connectivity index (χ1n) is 11.2. The van der Waals surface area contributed by atoms with Gasteiger partial charge in [0.25, 0.3) is 0 Å². The second-order valence-corrected chi connectivity index (χ2v) is 12.1. The van der Waals surface area contributed by atoms with Crippen molar-refractivity contribution in [1.82, 2.24) is 14.5 Å².